The standard InChI is InChI=1S/C17H26N2O2/c1-14(20)17(21)18-12-15-7-6-8-16(11-15)13-19-9-4-2-3-5-10-19/h6-8,11,14,20H,2-5,9-10,12-13H2,1H3,(H,18,21). The molecule has 1 aliphatic rings. The molecule has 0 saturated carbocycles. The summed E-state index contributed by atoms with van der Waals surface area (Å²) in [6.45, 7) is 5.30. The van der Waals surface area contributed by atoms with Gasteiger partial charge in [-0.1, -0.05) is 37.1 Å². The van der Waals surface area contributed by atoms with Gasteiger partial charge in [-0.05, 0) is 44.0 Å². The fourth-order valence-corrected chi connectivity index (χ4v) is 2.73. The number of nitrogens with one attached hydrogen (secondary N) is 1. The summed E-state index contributed by atoms with van der Waals surface area (Å²) in [4.78, 5) is 13.9. The number of amides is 1. The highest BCUT2D eigenvalue weighted by molar-refractivity contribution is 5.79. The molecule has 1 amide bonds. The van der Waals surface area contributed by atoms with Gasteiger partial charge in [-0.25, -0.2) is 0 Å². The molecule has 0 aromatic heterocycles. The van der Waals surface area contributed by atoms with E-state index in [0.717, 1.165) is 12.1 Å². The summed E-state index contributed by atoms with van der Waals surface area (Å²) < 4.78 is 0. The number of carbonyl (C=O) groups excluding carboxylic acids is 1. The average Bonchev–Trinajstić information content (AvgIpc) is 2.73. The number of aliphatic hydroxyl groups is 1. The van der Waals surface area contributed by atoms with E-state index in [1.165, 1.54) is 51.3 Å². The van der Waals surface area contributed by atoms with Crippen LogP contribution in [-0.4, -0.2) is 35.1 Å². The summed E-state index contributed by atoms with van der Waals surface area (Å²) in [5.74, 6) is -0.326. The van der Waals surface area contributed by atoms with Crippen LogP contribution in [0, 0.1) is 0 Å². The Balaban J connectivity index is 1.89. The maximum atomic E-state index is 11.4. The third-order valence-electron chi connectivity index (χ3n) is 3.94. The predicted octanol–water partition coefficient (Wildman–Crippen LogP) is 2.06. The van der Waals surface area contributed by atoms with Gasteiger partial charge in [0.05, 0.1) is 0 Å². The van der Waals surface area contributed by atoms with Gasteiger partial charge < -0.3 is 10.4 Å². The lowest BCUT2D eigenvalue weighted by molar-refractivity contribution is -0.128. The second-order valence-electron chi connectivity index (χ2n) is 5.90. The van der Waals surface area contributed by atoms with Crippen LogP contribution in [0.5, 0.6) is 0 Å². The van der Waals surface area contributed by atoms with Gasteiger partial charge >= 0.3 is 0 Å². The van der Waals surface area contributed by atoms with E-state index >= 15 is 0 Å². The Morgan fingerprint density at radius 3 is 2.57 bits per heavy atom. The lowest BCUT2D eigenvalue weighted by atomic mass is 10.1. The van der Waals surface area contributed by atoms with Crippen LogP contribution in [0.25, 0.3) is 0 Å². The molecule has 116 valence electrons. The molecule has 4 heteroatoms. The van der Waals surface area contributed by atoms with Crippen LogP contribution in [-0.2, 0) is 17.9 Å². The van der Waals surface area contributed by atoms with Crippen LogP contribution in [0.2, 0.25) is 0 Å². The van der Waals surface area contributed by atoms with Gasteiger partial charge in [-0.15, -0.1) is 0 Å². The molecule has 0 aliphatic carbocycles. The third-order valence-corrected chi connectivity index (χ3v) is 3.94. The first-order valence-electron chi connectivity index (χ1n) is 7.91. The molecular formula is C17H26N2O2. The van der Waals surface area contributed by atoms with E-state index in [2.05, 4.69) is 22.3 Å². The molecule has 1 atom stereocenters. The number of rotatable bonds is 5. The van der Waals surface area contributed by atoms with Crippen molar-refractivity contribution < 1.29 is 9.90 Å². The number of nitrogens with zero attached hydrogens (tertiary/aromatic N) is 1. The van der Waals surface area contributed by atoms with Crippen LogP contribution in [0.15, 0.2) is 24.3 Å². The molecule has 1 heterocycles. The topological polar surface area (TPSA) is 52.6 Å². The van der Waals surface area contributed by atoms with Crippen molar-refractivity contribution in [1.29, 1.82) is 0 Å². The molecule has 2 rings (SSSR count). The van der Waals surface area contributed by atoms with Gasteiger partial charge in [0.15, 0.2) is 0 Å². The molecule has 4 nitrogen and oxygen atoms in total. The van der Waals surface area contributed by atoms with Crippen molar-refractivity contribution in [3.63, 3.8) is 0 Å². The maximum absolute atomic E-state index is 11.4. The second kappa shape index (κ2) is 8.15. The van der Waals surface area contributed by atoms with E-state index in [9.17, 15) is 9.90 Å². The van der Waals surface area contributed by atoms with Crippen molar-refractivity contribution in [1.82, 2.24) is 10.2 Å². The maximum Gasteiger partial charge on any atom is 0.248 e. The molecule has 1 aromatic carbocycles. The van der Waals surface area contributed by atoms with Crippen LogP contribution in [0.3, 0.4) is 0 Å². The quantitative estimate of drug-likeness (QED) is 0.873. The fraction of sp³-hybridized carbons (Fsp3) is 0.588. The van der Waals surface area contributed by atoms with E-state index in [0.29, 0.717) is 6.54 Å². The summed E-state index contributed by atoms with van der Waals surface area (Å²) in [5, 5.41) is 11.9. The number of aliphatic hydroxyl groups excluding tert-OH is 1. The lowest BCUT2D eigenvalue weighted by Crippen LogP contribution is -2.32. The first-order valence-corrected chi connectivity index (χ1v) is 7.91. The largest absolute Gasteiger partial charge is 0.384 e. The Morgan fingerprint density at radius 2 is 1.90 bits per heavy atom. The minimum absolute atomic E-state index is 0.326. The van der Waals surface area contributed by atoms with Crippen molar-refractivity contribution in [2.24, 2.45) is 0 Å². The number of benzene rings is 1. The van der Waals surface area contributed by atoms with Gasteiger partial charge in [0.25, 0.3) is 0 Å². The Morgan fingerprint density at radius 1 is 1.24 bits per heavy atom. The zero-order chi connectivity index (χ0) is 15.1. The van der Waals surface area contributed by atoms with Gasteiger partial charge in [0, 0.05) is 13.1 Å². The minimum Gasteiger partial charge on any atom is -0.384 e. The van der Waals surface area contributed by atoms with E-state index in [1.807, 2.05) is 12.1 Å². The van der Waals surface area contributed by atoms with E-state index < -0.39 is 6.10 Å². The smallest absolute Gasteiger partial charge is 0.248 e. The summed E-state index contributed by atoms with van der Waals surface area (Å²) in [7, 11) is 0. The molecule has 0 spiro atoms. The Labute approximate surface area is 127 Å². The van der Waals surface area contributed by atoms with Crippen molar-refractivity contribution in [3.05, 3.63) is 35.4 Å². The monoisotopic (exact) mass is 290 g/mol. The highest BCUT2D eigenvalue weighted by atomic mass is 16.3. The fourth-order valence-electron chi connectivity index (χ4n) is 2.73. The summed E-state index contributed by atoms with van der Waals surface area (Å²) in [5.41, 5.74) is 2.37. The van der Waals surface area contributed by atoms with Crippen LogP contribution in [0.1, 0.15) is 43.7 Å². The van der Waals surface area contributed by atoms with E-state index in [1.54, 1.807) is 0 Å². The SMILES string of the molecule is CC(O)C(=O)NCc1cccc(CN2CCCCCC2)c1. The van der Waals surface area contributed by atoms with Gasteiger partial charge in [-0.3, -0.25) is 9.69 Å². The van der Waals surface area contributed by atoms with Gasteiger partial charge in [0.1, 0.15) is 6.10 Å². The first kappa shape index (κ1) is 16.0. The second-order valence-corrected chi connectivity index (χ2v) is 5.90. The number of likely N-dealkylation sites (tertiary alicyclic amines) is 1. The van der Waals surface area contributed by atoms with E-state index in [-0.39, 0.29) is 5.91 Å². The third kappa shape index (κ3) is 5.48. The molecular weight excluding hydrogens is 264 g/mol. The molecule has 1 aliphatic heterocycles. The van der Waals surface area contributed by atoms with Crippen LogP contribution < -0.4 is 5.32 Å². The Kier molecular flexibility index (Phi) is 6.21. The molecule has 1 unspecified atom stereocenters. The van der Waals surface area contributed by atoms with E-state index in [4.69, 9.17) is 0 Å². The zero-order valence-corrected chi connectivity index (χ0v) is 12.8. The van der Waals surface area contributed by atoms with Crippen molar-refractivity contribution in [2.75, 3.05) is 13.1 Å². The number of carbonyl (C=O) groups is 1. The highest BCUT2D eigenvalue weighted by Gasteiger charge is 2.10. The van der Waals surface area contributed by atoms with Crippen LogP contribution >= 0.6 is 0 Å². The number of hydrogen-bond acceptors (Lipinski definition) is 3. The molecule has 0 bridgehead atoms. The van der Waals surface area contributed by atoms with Gasteiger partial charge in [0.2, 0.25) is 5.91 Å². The summed E-state index contributed by atoms with van der Waals surface area (Å²) >= 11 is 0. The molecule has 1 fully saturated rings. The van der Waals surface area contributed by atoms with Crippen molar-refractivity contribution >= 4 is 5.91 Å². The molecule has 1 saturated heterocycles. The zero-order valence-electron chi connectivity index (χ0n) is 12.8. The summed E-state index contributed by atoms with van der Waals surface area (Å²) in [6, 6.07) is 8.34. The van der Waals surface area contributed by atoms with Gasteiger partial charge in [-0.2, -0.15) is 0 Å². The molecule has 0 radical (unpaired) electrons. The van der Waals surface area contributed by atoms with Crippen LogP contribution in [0.4, 0.5) is 0 Å². The first-order chi connectivity index (χ1) is 10.1. The highest BCUT2D eigenvalue weighted by Crippen LogP contribution is 2.14. The Bertz CT molecular complexity index is 452. The van der Waals surface area contributed by atoms with Crippen molar-refractivity contribution in [3.8, 4) is 0 Å². The molecule has 1 aromatic rings. The van der Waals surface area contributed by atoms with Crippen molar-refractivity contribution in [2.45, 2.75) is 51.8 Å². The normalized spacial score (nSPS) is 18.0. The molecule has 2 N–H and O–H groups in total. The minimum atomic E-state index is -0.953. The number of hydrogen-bond donors (Lipinski definition) is 2. The summed E-state index contributed by atoms with van der Waals surface area (Å²) in [6.07, 6.45) is 4.34. The average molecular weight is 290 g/mol. The molecule has 21 heavy (non-hydrogen) atoms. The Hall–Kier alpha value is -1.39. The predicted molar refractivity (Wildman–Crippen MR) is 83.7 cm³/mol. The lowest BCUT2D eigenvalue weighted by Gasteiger charge is -2.20.